The molecule has 1 saturated heterocycles. The van der Waals surface area contributed by atoms with E-state index in [1.165, 1.54) is 0 Å². The standard InChI is InChI=1S/C18H24N2O6/c1-17(2,3)26-16(23)20-10-9-18(24,14(20)21)12-19-15(22)25-11-13-7-5-4-6-8-13/h4-8,24H,9-12H2,1-3H3,(H,19,22). The number of carbonyl (C=O) groups is 3. The topological polar surface area (TPSA) is 105 Å². The number of nitrogens with one attached hydrogen (secondary N) is 1. The van der Waals surface area contributed by atoms with E-state index in [2.05, 4.69) is 5.32 Å². The lowest BCUT2D eigenvalue weighted by Crippen LogP contribution is -2.50. The number of alkyl carbamates (subject to hydrolysis) is 1. The Morgan fingerprint density at radius 1 is 1.27 bits per heavy atom. The molecule has 8 nitrogen and oxygen atoms in total. The number of imide groups is 1. The molecule has 0 radical (unpaired) electrons. The number of rotatable bonds is 4. The minimum absolute atomic E-state index is 0.00401. The predicted octanol–water partition coefficient (Wildman–Crippen LogP) is 1.81. The van der Waals surface area contributed by atoms with Crippen LogP contribution < -0.4 is 5.32 Å². The molecule has 0 aliphatic carbocycles. The van der Waals surface area contributed by atoms with Crippen molar-refractivity contribution < 1.29 is 29.0 Å². The molecule has 1 atom stereocenters. The van der Waals surface area contributed by atoms with Gasteiger partial charge in [-0.3, -0.25) is 4.79 Å². The van der Waals surface area contributed by atoms with Gasteiger partial charge in [-0.2, -0.15) is 0 Å². The second kappa shape index (κ2) is 7.74. The van der Waals surface area contributed by atoms with Crippen molar-refractivity contribution in [3.05, 3.63) is 35.9 Å². The molecule has 2 N–H and O–H groups in total. The molecule has 0 bridgehead atoms. The molecular formula is C18H24N2O6. The summed E-state index contributed by atoms with van der Waals surface area (Å²) in [5.41, 5.74) is -1.80. The smallest absolute Gasteiger partial charge is 0.417 e. The molecule has 8 heteroatoms. The van der Waals surface area contributed by atoms with Crippen molar-refractivity contribution in [2.45, 2.75) is 45.0 Å². The Labute approximate surface area is 152 Å². The Kier molecular flexibility index (Phi) is 5.86. The Morgan fingerprint density at radius 2 is 1.92 bits per heavy atom. The zero-order valence-corrected chi connectivity index (χ0v) is 15.2. The van der Waals surface area contributed by atoms with Crippen LogP contribution in [0, 0.1) is 0 Å². The zero-order valence-electron chi connectivity index (χ0n) is 15.2. The summed E-state index contributed by atoms with van der Waals surface area (Å²) in [6.45, 7) is 4.79. The van der Waals surface area contributed by atoms with E-state index in [0.717, 1.165) is 10.5 Å². The molecule has 1 aliphatic heterocycles. The van der Waals surface area contributed by atoms with Gasteiger partial charge in [0.15, 0.2) is 5.60 Å². The van der Waals surface area contributed by atoms with Gasteiger partial charge in [0.2, 0.25) is 0 Å². The van der Waals surface area contributed by atoms with Crippen LogP contribution in [-0.4, -0.2) is 52.4 Å². The summed E-state index contributed by atoms with van der Waals surface area (Å²) >= 11 is 0. The molecule has 1 heterocycles. The maximum atomic E-state index is 12.3. The number of amides is 3. The third kappa shape index (κ3) is 5.19. The van der Waals surface area contributed by atoms with E-state index in [4.69, 9.17) is 9.47 Å². The number of benzene rings is 1. The molecule has 142 valence electrons. The molecule has 1 aromatic carbocycles. The molecule has 26 heavy (non-hydrogen) atoms. The highest BCUT2D eigenvalue weighted by Gasteiger charge is 2.48. The Balaban J connectivity index is 1.84. The zero-order chi connectivity index (χ0) is 19.4. The van der Waals surface area contributed by atoms with Crippen molar-refractivity contribution in [2.75, 3.05) is 13.1 Å². The second-order valence-electron chi connectivity index (χ2n) is 7.13. The first-order chi connectivity index (χ1) is 12.1. The minimum Gasteiger partial charge on any atom is -0.445 e. The van der Waals surface area contributed by atoms with E-state index in [0.29, 0.717) is 0 Å². The Morgan fingerprint density at radius 3 is 2.54 bits per heavy atom. The van der Waals surface area contributed by atoms with Gasteiger partial charge in [-0.25, -0.2) is 14.5 Å². The summed E-state index contributed by atoms with van der Waals surface area (Å²) < 4.78 is 10.2. The Hall–Kier alpha value is -2.61. The molecule has 1 unspecified atom stereocenters. The summed E-state index contributed by atoms with van der Waals surface area (Å²) in [4.78, 5) is 37.0. The van der Waals surface area contributed by atoms with Crippen molar-refractivity contribution in [1.29, 1.82) is 0 Å². The van der Waals surface area contributed by atoms with Crippen molar-refractivity contribution in [1.82, 2.24) is 10.2 Å². The number of carbonyl (C=O) groups excluding carboxylic acids is 3. The lowest BCUT2D eigenvalue weighted by molar-refractivity contribution is -0.141. The lowest BCUT2D eigenvalue weighted by atomic mass is 10.0. The average Bonchev–Trinajstić information content (AvgIpc) is 2.86. The van der Waals surface area contributed by atoms with Crippen LogP contribution in [0.3, 0.4) is 0 Å². The summed E-state index contributed by atoms with van der Waals surface area (Å²) in [6.07, 6.45) is -1.57. The molecule has 1 fully saturated rings. The van der Waals surface area contributed by atoms with Gasteiger partial charge in [0.1, 0.15) is 12.2 Å². The quantitative estimate of drug-likeness (QED) is 0.844. The maximum Gasteiger partial charge on any atom is 0.417 e. The van der Waals surface area contributed by atoms with Gasteiger partial charge in [0, 0.05) is 13.0 Å². The van der Waals surface area contributed by atoms with Crippen LogP contribution in [-0.2, 0) is 20.9 Å². The van der Waals surface area contributed by atoms with Gasteiger partial charge < -0.3 is 19.9 Å². The maximum absolute atomic E-state index is 12.3. The van der Waals surface area contributed by atoms with Crippen molar-refractivity contribution in [2.24, 2.45) is 0 Å². The van der Waals surface area contributed by atoms with Crippen LogP contribution in [0.4, 0.5) is 9.59 Å². The molecule has 1 aliphatic rings. The van der Waals surface area contributed by atoms with E-state index in [1.807, 2.05) is 18.2 Å². The highest BCUT2D eigenvalue weighted by atomic mass is 16.6. The fourth-order valence-corrected chi connectivity index (χ4v) is 2.40. The average molecular weight is 364 g/mol. The normalized spacial score (nSPS) is 20.0. The third-order valence-corrected chi connectivity index (χ3v) is 3.74. The van der Waals surface area contributed by atoms with Crippen molar-refractivity contribution in [3.63, 3.8) is 0 Å². The molecule has 0 spiro atoms. The second-order valence-corrected chi connectivity index (χ2v) is 7.13. The Bertz CT molecular complexity index is 670. The predicted molar refractivity (Wildman–Crippen MR) is 92.1 cm³/mol. The van der Waals surface area contributed by atoms with E-state index >= 15 is 0 Å². The first-order valence-electron chi connectivity index (χ1n) is 8.33. The monoisotopic (exact) mass is 364 g/mol. The van der Waals surface area contributed by atoms with E-state index in [9.17, 15) is 19.5 Å². The summed E-state index contributed by atoms with van der Waals surface area (Å²) in [7, 11) is 0. The molecule has 0 saturated carbocycles. The van der Waals surface area contributed by atoms with Crippen molar-refractivity contribution >= 4 is 18.1 Å². The van der Waals surface area contributed by atoms with Gasteiger partial charge in [-0.15, -0.1) is 0 Å². The number of likely N-dealkylation sites (tertiary alicyclic amines) is 1. The van der Waals surface area contributed by atoms with Crippen LogP contribution in [0.15, 0.2) is 30.3 Å². The first-order valence-corrected chi connectivity index (χ1v) is 8.33. The number of ether oxygens (including phenoxy) is 2. The van der Waals surface area contributed by atoms with Crippen LogP contribution >= 0.6 is 0 Å². The van der Waals surface area contributed by atoms with Gasteiger partial charge in [0.05, 0.1) is 6.54 Å². The highest BCUT2D eigenvalue weighted by molar-refractivity contribution is 5.99. The van der Waals surface area contributed by atoms with Crippen LogP contribution in [0.1, 0.15) is 32.8 Å². The van der Waals surface area contributed by atoms with E-state index < -0.39 is 29.3 Å². The van der Waals surface area contributed by atoms with Gasteiger partial charge in [-0.05, 0) is 26.3 Å². The molecule has 3 amide bonds. The van der Waals surface area contributed by atoms with Crippen LogP contribution in [0.25, 0.3) is 0 Å². The third-order valence-electron chi connectivity index (χ3n) is 3.74. The SMILES string of the molecule is CC(C)(C)OC(=O)N1CCC(O)(CNC(=O)OCc2ccccc2)C1=O. The first kappa shape index (κ1) is 19.7. The van der Waals surface area contributed by atoms with Gasteiger partial charge in [-0.1, -0.05) is 30.3 Å². The lowest BCUT2D eigenvalue weighted by Gasteiger charge is -2.25. The van der Waals surface area contributed by atoms with Gasteiger partial charge in [0.25, 0.3) is 5.91 Å². The van der Waals surface area contributed by atoms with E-state index in [1.54, 1.807) is 32.9 Å². The highest BCUT2D eigenvalue weighted by Crippen LogP contribution is 2.24. The fourth-order valence-electron chi connectivity index (χ4n) is 2.40. The van der Waals surface area contributed by atoms with E-state index in [-0.39, 0.29) is 26.1 Å². The summed E-state index contributed by atoms with van der Waals surface area (Å²) in [5.74, 6) is -0.796. The molecule has 0 aromatic heterocycles. The fraction of sp³-hybridized carbons (Fsp3) is 0.500. The molecule has 2 rings (SSSR count). The number of hydrogen-bond donors (Lipinski definition) is 2. The minimum atomic E-state index is -1.86. The number of nitrogens with zero attached hydrogens (tertiary/aromatic N) is 1. The number of aliphatic hydroxyl groups is 1. The number of hydrogen-bond acceptors (Lipinski definition) is 6. The summed E-state index contributed by atoms with van der Waals surface area (Å²) in [5, 5.41) is 12.8. The van der Waals surface area contributed by atoms with Gasteiger partial charge >= 0.3 is 12.2 Å². The van der Waals surface area contributed by atoms with Crippen LogP contribution in [0.2, 0.25) is 0 Å². The molecule has 1 aromatic rings. The molecular weight excluding hydrogens is 340 g/mol. The largest absolute Gasteiger partial charge is 0.445 e. The summed E-state index contributed by atoms with van der Waals surface area (Å²) in [6, 6.07) is 9.10. The van der Waals surface area contributed by atoms with Crippen molar-refractivity contribution in [3.8, 4) is 0 Å². The van der Waals surface area contributed by atoms with Crippen LogP contribution in [0.5, 0.6) is 0 Å².